The summed E-state index contributed by atoms with van der Waals surface area (Å²) >= 11 is 0. The Labute approximate surface area is 188 Å². The van der Waals surface area contributed by atoms with Gasteiger partial charge >= 0.3 is 12.1 Å². The molecule has 0 fully saturated rings. The third-order valence-electron chi connectivity index (χ3n) is 4.19. The Hall–Kier alpha value is -4.31. The molecule has 170 valence electrons. The number of rotatable bonds is 8. The van der Waals surface area contributed by atoms with Gasteiger partial charge in [-0.15, -0.1) is 0 Å². The average molecular weight is 453 g/mol. The lowest BCUT2D eigenvalue weighted by Crippen LogP contribution is -2.37. The van der Waals surface area contributed by atoms with Crippen LogP contribution in [0.1, 0.15) is 21.5 Å². The number of hydrogen-bond donors (Lipinski definition) is 2. The van der Waals surface area contributed by atoms with Crippen LogP contribution in [0, 0.1) is 5.82 Å². The molecule has 0 saturated carbocycles. The Morgan fingerprint density at radius 3 is 2.36 bits per heavy atom. The van der Waals surface area contributed by atoms with Crippen LogP contribution in [-0.2, 0) is 22.7 Å². The van der Waals surface area contributed by atoms with Gasteiger partial charge in [0.1, 0.15) is 19.0 Å². The molecule has 0 atom stereocenters. The van der Waals surface area contributed by atoms with E-state index in [1.807, 2.05) is 23.5 Å². The minimum atomic E-state index is -1.12. The van der Waals surface area contributed by atoms with E-state index in [1.165, 1.54) is 30.3 Å². The fourth-order valence-electron chi connectivity index (χ4n) is 2.55. The van der Waals surface area contributed by atoms with Crippen molar-refractivity contribution in [3.63, 3.8) is 0 Å². The first-order valence-corrected chi connectivity index (χ1v) is 9.74. The van der Waals surface area contributed by atoms with E-state index in [2.05, 4.69) is 4.98 Å². The maximum Gasteiger partial charge on any atom is 0.420 e. The van der Waals surface area contributed by atoms with Gasteiger partial charge in [0.05, 0.1) is 12.1 Å². The van der Waals surface area contributed by atoms with Crippen LogP contribution < -0.4 is 20.5 Å². The molecular formula is C23H20FN3O6. The maximum absolute atomic E-state index is 13.1. The molecule has 3 aromatic rings. The highest BCUT2D eigenvalue weighted by Gasteiger charge is 2.18. The Kier molecular flexibility index (Phi) is 8.03. The first-order chi connectivity index (χ1) is 15.9. The Bertz CT molecular complexity index is 1120. The third kappa shape index (κ3) is 7.11. The van der Waals surface area contributed by atoms with E-state index in [9.17, 15) is 18.8 Å². The summed E-state index contributed by atoms with van der Waals surface area (Å²) in [5, 5.41) is 1.91. The van der Waals surface area contributed by atoms with Crippen LogP contribution >= 0.6 is 0 Å². The van der Waals surface area contributed by atoms with Crippen molar-refractivity contribution in [1.29, 1.82) is 0 Å². The van der Waals surface area contributed by atoms with Gasteiger partial charge in [0, 0.05) is 12.3 Å². The predicted molar refractivity (Wildman–Crippen MR) is 114 cm³/mol. The average Bonchev–Trinajstić information content (AvgIpc) is 2.83. The Balaban J connectivity index is 1.76. The molecule has 10 heteroatoms. The molecule has 0 radical (unpaired) electrons. The number of hydrogen-bond acceptors (Lipinski definition) is 8. The van der Waals surface area contributed by atoms with Gasteiger partial charge in [0.15, 0.2) is 5.75 Å². The molecular weight excluding hydrogens is 433 g/mol. The van der Waals surface area contributed by atoms with E-state index >= 15 is 0 Å². The minimum Gasteiger partial charge on any atom is -0.483 e. The summed E-state index contributed by atoms with van der Waals surface area (Å²) in [5.41, 5.74) is 6.61. The maximum atomic E-state index is 13.1. The molecule has 0 saturated heterocycles. The van der Waals surface area contributed by atoms with Crippen molar-refractivity contribution in [3.05, 3.63) is 89.4 Å². The first-order valence-electron chi connectivity index (χ1n) is 9.74. The van der Waals surface area contributed by atoms with E-state index in [0.29, 0.717) is 5.56 Å². The highest BCUT2D eigenvalue weighted by Crippen LogP contribution is 2.27. The number of carbonyl (C=O) groups is 3. The number of esters is 1. The number of nitrogens with one attached hydrogen (secondary N) is 1. The van der Waals surface area contributed by atoms with Gasteiger partial charge in [-0.05, 0) is 23.3 Å². The van der Waals surface area contributed by atoms with Gasteiger partial charge in [0.25, 0.3) is 5.88 Å². The van der Waals surface area contributed by atoms with Gasteiger partial charge in [-0.3, -0.25) is 10.1 Å². The number of ether oxygens (including phenoxy) is 3. The monoisotopic (exact) mass is 453 g/mol. The van der Waals surface area contributed by atoms with E-state index < -0.39 is 30.3 Å². The summed E-state index contributed by atoms with van der Waals surface area (Å²) in [7, 11) is 0. The van der Waals surface area contributed by atoms with Crippen LogP contribution in [0.3, 0.4) is 0 Å². The topological polar surface area (TPSA) is 130 Å². The Morgan fingerprint density at radius 1 is 0.970 bits per heavy atom. The first kappa shape index (κ1) is 23.4. The molecule has 33 heavy (non-hydrogen) atoms. The second kappa shape index (κ2) is 11.3. The predicted octanol–water partition coefficient (Wildman–Crippen LogP) is 2.73. The van der Waals surface area contributed by atoms with Crippen LogP contribution in [0.5, 0.6) is 11.6 Å². The quantitative estimate of drug-likeness (QED) is 0.498. The van der Waals surface area contributed by atoms with Crippen LogP contribution in [0.25, 0.3) is 0 Å². The van der Waals surface area contributed by atoms with Gasteiger partial charge in [0.2, 0.25) is 5.91 Å². The van der Waals surface area contributed by atoms with Gasteiger partial charge < -0.3 is 19.9 Å². The molecule has 2 amide bonds. The number of imide groups is 1. The van der Waals surface area contributed by atoms with Gasteiger partial charge in [-0.25, -0.2) is 19.0 Å². The van der Waals surface area contributed by atoms with Gasteiger partial charge in [-0.1, -0.05) is 42.5 Å². The molecule has 0 aliphatic carbocycles. The minimum absolute atomic E-state index is 0.0375. The SMILES string of the molecule is NCC(=O)NC(=O)Oc1ncc(C(=O)OCc2ccccc2)cc1OCc1ccc(F)cc1. The summed E-state index contributed by atoms with van der Waals surface area (Å²) in [6.45, 7) is -0.403. The standard InChI is InChI=1S/C23H20FN3O6/c24-18-8-6-16(7-9-18)13-31-19-10-17(22(29)32-14-15-4-2-1-3-5-15)12-26-21(19)33-23(30)27-20(28)11-25/h1-10,12H,11,13-14,25H2,(H,27,28,30). The number of pyridine rings is 1. The van der Waals surface area contributed by atoms with Gasteiger partial charge in [-0.2, -0.15) is 0 Å². The van der Waals surface area contributed by atoms with E-state index in [4.69, 9.17) is 19.9 Å². The molecule has 0 aliphatic rings. The molecule has 0 aliphatic heterocycles. The number of carbonyl (C=O) groups excluding carboxylic acids is 3. The molecule has 3 rings (SSSR count). The summed E-state index contributed by atoms with van der Waals surface area (Å²) in [5.74, 6) is -2.20. The van der Waals surface area contributed by atoms with Crippen molar-refractivity contribution in [1.82, 2.24) is 10.3 Å². The van der Waals surface area contributed by atoms with Crippen molar-refractivity contribution >= 4 is 18.0 Å². The lowest BCUT2D eigenvalue weighted by Gasteiger charge is -2.12. The number of amides is 2. The van der Waals surface area contributed by atoms with Crippen molar-refractivity contribution in [3.8, 4) is 11.6 Å². The largest absolute Gasteiger partial charge is 0.483 e. The van der Waals surface area contributed by atoms with Crippen molar-refractivity contribution in [2.45, 2.75) is 13.2 Å². The summed E-state index contributed by atoms with van der Waals surface area (Å²) in [4.78, 5) is 39.6. The molecule has 2 aromatic carbocycles. The highest BCUT2D eigenvalue weighted by molar-refractivity contribution is 5.93. The van der Waals surface area contributed by atoms with Crippen LogP contribution in [-0.4, -0.2) is 29.5 Å². The molecule has 1 heterocycles. The second-order valence-electron chi connectivity index (χ2n) is 6.65. The highest BCUT2D eigenvalue weighted by atomic mass is 19.1. The zero-order chi connectivity index (χ0) is 23.6. The Morgan fingerprint density at radius 2 is 1.67 bits per heavy atom. The molecule has 0 unspecified atom stereocenters. The van der Waals surface area contributed by atoms with Crippen LogP contribution in [0.4, 0.5) is 9.18 Å². The van der Waals surface area contributed by atoms with Crippen molar-refractivity contribution < 1.29 is 33.0 Å². The number of aromatic nitrogens is 1. The fraction of sp³-hybridized carbons (Fsp3) is 0.130. The number of halogens is 1. The molecule has 9 nitrogen and oxygen atoms in total. The lowest BCUT2D eigenvalue weighted by atomic mass is 10.2. The number of nitrogens with zero attached hydrogens (tertiary/aromatic N) is 1. The second-order valence-corrected chi connectivity index (χ2v) is 6.65. The van der Waals surface area contributed by atoms with Crippen molar-refractivity contribution in [2.75, 3.05) is 6.54 Å². The summed E-state index contributed by atoms with van der Waals surface area (Å²) < 4.78 is 29.1. The fourth-order valence-corrected chi connectivity index (χ4v) is 2.55. The molecule has 0 bridgehead atoms. The zero-order valence-corrected chi connectivity index (χ0v) is 17.3. The lowest BCUT2D eigenvalue weighted by molar-refractivity contribution is -0.118. The molecule has 3 N–H and O–H groups in total. The summed E-state index contributed by atoms with van der Waals surface area (Å²) in [6.07, 6.45) is 0.0230. The van der Waals surface area contributed by atoms with E-state index in [1.54, 1.807) is 12.1 Å². The van der Waals surface area contributed by atoms with E-state index in [0.717, 1.165) is 11.8 Å². The van der Waals surface area contributed by atoms with Crippen LogP contribution in [0.2, 0.25) is 0 Å². The van der Waals surface area contributed by atoms with Crippen LogP contribution in [0.15, 0.2) is 66.9 Å². The third-order valence-corrected chi connectivity index (χ3v) is 4.19. The van der Waals surface area contributed by atoms with Crippen molar-refractivity contribution in [2.24, 2.45) is 5.73 Å². The zero-order valence-electron chi connectivity index (χ0n) is 17.3. The smallest absolute Gasteiger partial charge is 0.420 e. The summed E-state index contributed by atoms with van der Waals surface area (Å²) in [6, 6.07) is 15.9. The molecule has 1 aromatic heterocycles. The number of benzene rings is 2. The molecule has 0 spiro atoms. The van der Waals surface area contributed by atoms with E-state index in [-0.39, 0.29) is 30.4 Å². The number of nitrogens with two attached hydrogens (primary N) is 1. The normalized spacial score (nSPS) is 10.2.